The average molecular weight is 281 g/mol. The average Bonchev–Trinajstić information content (AvgIpc) is 3.18. The topological polar surface area (TPSA) is 57.6 Å². The van der Waals surface area contributed by atoms with Gasteiger partial charge in [0.25, 0.3) is 0 Å². The maximum Gasteiger partial charge on any atom is 0.214 e. The summed E-state index contributed by atoms with van der Waals surface area (Å²) in [6.45, 7) is 0.573. The zero-order chi connectivity index (χ0) is 13.5. The molecule has 2 fully saturated rings. The van der Waals surface area contributed by atoms with Gasteiger partial charge >= 0.3 is 0 Å². The maximum atomic E-state index is 12.1. The van der Waals surface area contributed by atoms with E-state index in [2.05, 4.69) is 0 Å². The third kappa shape index (κ3) is 2.68. The number of nitrogens with zero attached hydrogens (tertiary/aromatic N) is 1. The molecule has 1 N–H and O–H groups in total. The standard InChI is InChI=1S/C14H19NO3S/c16-14(13-6-7-13)10-15(11-14)19(17,18)9-8-12-4-2-1-3-5-12/h1-5,13,16H,6-11H2. The van der Waals surface area contributed by atoms with Crippen LogP contribution in [-0.2, 0) is 16.4 Å². The molecule has 5 heteroatoms. The van der Waals surface area contributed by atoms with Crippen LogP contribution in [0.1, 0.15) is 18.4 Å². The molecule has 2 aliphatic rings. The predicted molar refractivity (Wildman–Crippen MR) is 73.2 cm³/mol. The van der Waals surface area contributed by atoms with Crippen LogP contribution in [0.3, 0.4) is 0 Å². The van der Waals surface area contributed by atoms with Crippen LogP contribution in [0.25, 0.3) is 0 Å². The Kier molecular flexibility index (Phi) is 3.15. The van der Waals surface area contributed by atoms with Crippen LogP contribution in [-0.4, -0.2) is 42.3 Å². The first-order chi connectivity index (χ1) is 9.00. The molecule has 104 valence electrons. The van der Waals surface area contributed by atoms with E-state index >= 15 is 0 Å². The summed E-state index contributed by atoms with van der Waals surface area (Å²) in [7, 11) is -3.23. The third-order valence-electron chi connectivity index (χ3n) is 4.12. The molecule has 0 atom stereocenters. The van der Waals surface area contributed by atoms with Gasteiger partial charge in [-0.3, -0.25) is 0 Å². The van der Waals surface area contributed by atoms with Gasteiger partial charge in [-0.25, -0.2) is 8.42 Å². The zero-order valence-corrected chi connectivity index (χ0v) is 11.6. The van der Waals surface area contributed by atoms with Crippen molar-refractivity contribution in [2.24, 2.45) is 5.92 Å². The summed E-state index contributed by atoms with van der Waals surface area (Å²) in [6.07, 6.45) is 2.60. The van der Waals surface area contributed by atoms with Gasteiger partial charge in [0, 0.05) is 13.1 Å². The Bertz CT molecular complexity index is 545. The van der Waals surface area contributed by atoms with Crippen molar-refractivity contribution in [1.82, 2.24) is 4.31 Å². The summed E-state index contributed by atoms with van der Waals surface area (Å²) >= 11 is 0. The Morgan fingerprint density at radius 1 is 1.21 bits per heavy atom. The molecule has 1 heterocycles. The van der Waals surface area contributed by atoms with E-state index in [-0.39, 0.29) is 18.8 Å². The van der Waals surface area contributed by atoms with Crippen LogP contribution < -0.4 is 0 Å². The highest BCUT2D eigenvalue weighted by molar-refractivity contribution is 7.89. The van der Waals surface area contributed by atoms with Crippen LogP contribution in [0.15, 0.2) is 30.3 Å². The Hall–Kier alpha value is -0.910. The van der Waals surface area contributed by atoms with Crippen molar-refractivity contribution < 1.29 is 13.5 Å². The predicted octanol–water partition coefficient (Wildman–Crippen LogP) is 1.02. The first kappa shape index (κ1) is 13.1. The fourth-order valence-electron chi connectivity index (χ4n) is 2.66. The van der Waals surface area contributed by atoms with Gasteiger partial charge in [-0.05, 0) is 30.7 Å². The molecule has 1 aliphatic heterocycles. The summed E-state index contributed by atoms with van der Waals surface area (Å²) in [5.74, 6) is 0.450. The van der Waals surface area contributed by atoms with Crippen LogP contribution in [0.4, 0.5) is 0 Å². The minimum absolute atomic E-state index is 0.123. The smallest absolute Gasteiger partial charge is 0.214 e. The SMILES string of the molecule is O=S(=O)(CCc1ccccc1)N1CC(O)(C2CC2)C1. The molecule has 1 saturated carbocycles. The van der Waals surface area contributed by atoms with Crippen molar-refractivity contribution in [2.45, 2.75) is 24.9 Å². The molecule has 0 spiro atoms. The number of aliphatic hydroxyl groups is 1. The van der Waals surface area contributed by atoms with Crippen molar-refractivity contribution in [2.75, 3.05) is 18.8 Å². The molecular formula is C14H19NO3S. The van der Waals surface area contributed by atoms with Gasteiger partial charge in [0.1, 0.15) is 0 Å². The van der Waals surface area contributed by atoms with Crippen LogP contribution in [0.5, 0.6) is 0 Å². The number of sulfonamides is 1. The molecule has 0 unspecified atom stereocenters. The Labute approximate surface area is 114 Å². The normalized spacial score (nSPS) is 23.0. The van der Waals surface area contributed by atoms with Gasteiger partial charge in [-0.15, -0.1) is 0 Å². The second-order valence-corrected chi connectivity index (χ2v) is 7.79. The fourth-order valence-corrected chi connectivity index (χ4v) is 4.25. The summed E-state index contributed by atoms with van der Waals surface area (Å²) in [6, 6.07) is 9.62. The highest BCUT2D eigenvalue weighted by Crippen LogP contribution is 2.45. The molecule has 1 aliphatic carbocycles. The Balaban J connectivity index is 1.56. The second-order valence-electron chi connectivity index (χ2n) is 5.70. The van der Waals surface area contributed by atoms with Crippen molar-refractivity contribution >= 4 is 10.0 Å². The van der Waals surface area contributed by atoms with Gasteiger partial charge in [0.15, 0.2) is 0 Å². The van der Waals surface area contributed by atoms with E-state index in [4.69, 9.17) is 0 Å². The molecule has 0 radical (unpaired) electrons. The van der Waals surface area contributed by atoms with Crippen molar-refractivity contribution in [3.8, 4) is 0 Å². The van der Waals surface area contributed by atoms with Crippen molar-refractivity contribution in [1.29, 1.82) is 0 Å². The number of aryl methyl sites for hydroxylation is 1. The van der Waals surface area contributed by atoms with Gasteiger partial charge in [0.2, 0.25) is 10.0 Å². The third-order valence-corrected chi connectivity index (χ3v) is 5.89. The molecule has 1 saturated heterocycles. The second kappa shape index (κ2) is 4.58. The van der Waals surface area contributed by atoms with Crippen LogP contribution in [0, 0.1) is 5.92 Å². The lowest BCUT2D eigenvalue weighted by Gasteiger charge is -2.45. The molecule has 4 nitrogen and oxygen atoms in total. The lowest BCUT2D eigenvalue weighted by molar-refractivity contribution is -0.0764. The number of rotatable bonds is 5. The molecular weight excluding hydrogens is 262 g/mol. The quantitative estimate of drug-likeness (QED) is 0.876. The molecule has 1 aromatic carbocycles. The largest absolute Gasteiger partial charge is 0.387 e. The van der Waals surface area contributed by atoms with Gasteiger partial charge in [-0.2, -0.15) is 4.31 Å². The number of β-amino-alcohol motifs (C(OH)–C–C–N with tert-alkyl or cyclic N) is 1. The highest BCUT2D eigenvalue weighted by Gasteiger charge is 2.54. The lowest BCUT2D eigenvalue weighted by Crippen LogP contribution is -2.64. The molecule has 0 bridgehead atoms. The number of hydrogen-bond donors (Lipinski definition) is 1. The first-order valence-corrected chi connectivity index (χ1v) is 8.35. The van der Waals surface area contributed by atoms with Crippen molar-refractivity contribution in [3.63, 3.8) is 0 Å². The van der Waals surface area contributed by atoms with Crippen LogP contribution >= 0.6 is 0 Å². The van der Waals surface area contributed by atoms with Crippen molar-refractivity contribution in [3.05, 3.63) is 35.9 Å². The minimum atomic E-state index is -3.23. The molecule has 0 amide bonds. The van der Waals surface area contributed by atoms with E-state index in [1.807, 2.05) is 30.3 Å². The van der Waals surface area contributed by atoms with Crippen LogP contribution in [0.2, 0.25) is 0 Å². The lowest BCUT2D eigenvalue weighted by atomic mass is 9.91. The number of hydrogen-bond acceptors (Lipinski definition) is 3. The Morgan fingerprint density at radius 3 is 2.42 bits per heavy atom. The highest BCUT2D eigenvalue weighted by atomic mass is 32.2. The summed E-state index contributed by atoms with van der Waals surface area (Å²) in [4.78, 5) is 0. The summed E-state index contributed by atoms with van der Waals surface area (Å²) in [5, 5.41) is 10.2. The zero-order valence-electron chi connectivity index (χ0n) is 10.8. The van der Waals surface area contributed by atoms with Gasteiger partial charge in [-0.1, -0.05) is 30.3 Å². The van der Waals surface area contributed by atoms with E-state index < -0.39 is 15.6 Å². The molecule has 19 heavy (non-hydrogen) atoms. The monoisotopic (exact) mass is 281 g/mol. The molecule has 3 rings (SSSR count). The molecule has 0 aromatic heterocycles. The van der Waals surface area contributed by atoms with E-state index in [0.717, 1.165) is 18.4 Å². The van der Waals surface area contributed by atoms with E-state index in [9.17, 15) is 13.5 Å². The van der Waals surface area contributed by atoms with Gasteiger partial charge in [0.05, 0.1) is 11.4 Å². The molecule has 1 aromatic rings. The Morgan fingerprint density at radius 2 is 1.84 bits per heavy atom. The van der Waals surface area contributed by atoms with E-state index in [1.54, 1.807) is 0 Å². The first-order valence-electron chi connectivity index (χ1n) is 6.74. The summed E-state index contributed by atoms with van der Waals surface area (Å²) < 4.78 is 25.7. The van der Waals surface area contributed by atoms with Gasteiger partial charge < -0.3 is 5.11 Å². The number of benzene rings is 1. The maximum absolute atomic E-state index is 12.1. The van der Waals surface area contributed by atoms with E-state index in [1.165, 1.54) is 4.31 Å². The van der Waals surface area contributed by atoms with E-state index in [0.29, 0.717) is 12.3 Å². The summed E-state index contributed by atoms with van der Waals surface area (Å²) in [5.41, 5.74) is 0.295. The fraction of sp³-hybridized carbons (Fsp3) is 0.571. The minimum Gasteiger partial charge on any atom is -0.387 e.